The molecule has 3 rings (SSSR count). The van der Waals surface area contributed by atoms with Crippen molar-refractivity contribution in [1.29, 1.82) is 0 Å². The summed E-state index contributed by atoms with van der Waals surface area (Å²) in [4.78, 5) is 13.7. The van der Waals surface area contributed by atoms with Crippen LogP contribution in [0.3, 0.4) is 0 Å². The molecule has 0 aromatic carbocycles. The van der Waals surface area contributed by atoms with Crippen LogP contribution < -0.4 is 5.32 Å². The third kappa shape index (κ3) is 5.50. The van der Waals surface area contributed by atoms with Crippen LogP contribution in [0.1, 0.15) is 38.1 Å². The van der Waals surface area contributed by atoms with Crippen molar-refractivity contribution >= 4 is 29.9 Å². The highest BCUT2D eigenvalue weighted by atomic mass is 127. The molecule has 7 nitrogen and oxygen atoms in total. The first-order valence-corrected chi connectivity index (χ1v) is 9.80. The molecule has 2 aromatic rings. The average molecular weight is 500 g/mol. The van der Waals surface area contributed by atoms with Gasteiger partial charge in [-0.15, -0.1) is 24.0 Å². The number of rotatable bonds is 6. The third-order valence-electron chi connectivity index (χ3n) is 5.37. The molecule has 1 aliphatic heterocycles. The van der Waals surface area contributed by atoms with Crippen LogP contribution in [0.5, 0.6) is 0 Å². The number of nitrogens with zero attached hydrogens (tertiary/aromatic N) is 5. The van der Waals surface area contributed by atoms with Crippen LogP contribution >= 0.6 is 24.0 Å². The summed E-state index contributed by atoms with van der Waals surface area (Å²) in [5.41, 5.74) is 0. The number of aromatic nitrogens is 2. The zero-order valence-electron chi connectivity index (χ0n) is 17.3. The van der Waals surface area contributed by atoms with Gasteiger partial charge in [0.1, 0.15) is 5.76 Å². The van der Waals surface area contributed by atoms with E-state index in [4.69, 9.17) is 9.41 Å². The molecule has 0 aliphatic carbocycles. The van der Waals surface area contributed by atoms with Gasteiger partial charge in [-0.05, 0) is 45.5 Å². The van der Waals surface area contributed by atoms with Gasteiger partial charge in [0.2, 0.25) is 0 Å². The first-order chi connectivity index (χ1) is 13.1. The van der Waals surface area contributed by atoms with Crippen molar-refractivity contribution in [1.82, 2.24) is 24.7 Å². The number of piperidine rings is 1. The summed E-state index contributed by atoms with van der Waals surface area (Å²) in [6.07, 6.45) is 8.71. The highest BCUT2D eigenvalue weighted by molar-refractivity contribution is 14.0. The van der Waals surface area contributed by atoms with E-state index in [9.17, 15) is 0 Å². The molecule has 1 N–H and O–H groups in total. The molecule has 0 spiro atoms. The van der Waals surface area contributed by atoms with Gasteiger partial charge in [-0.3, -0.25) is 9.89 Å². The smallest absolute Gasteiger partial charge is 0.194 e. The standard InChI is InChI=1S/C20H32N6O.HI/c1-5-22-20(23-13-17(24(3)4)19-7-6-12-27-19)25-10-8-16(2)18(14-25)26-11-9-21-15-26;/h6-7,9,11-12,15-18H,5,8,10,13-14H2,1-4H3,(H,22,23);1H. The van der Waals surface area contributed by atoms with Gasteiger partial charge in [0.15, 0.2) is 5.96 Å². The van der Waals surface area contributed by atoms with Gasteiger partial charge in [0.25, 0.3) is 0 Å². The quantitative estimate of drug-likeness (QED) is 0.375. The van der Waals surface area contributed by atoms with Crippen LogP contribution in [-0.2, 0) is 0 Å². The Balaban J connectivity index is 0.00000280. The van der Waals surface area contributed by atoms with E-state index in [1.807, 2.05) is 24.7 Å². The van der Waals surface area contributed by atoms with E-state index >= 15 is 0 Å². The molecule has 8 heteroatoms. The fourth-order valence-electron chi connectivity index (χ4n) is 3.68. The molecule has 28 heavy (non-hydrogen) atoms. The number of furan rings is 1. The van der Waals surface area contributed by atoms with Crippen LogP contribution in [0.2, 0.25) is 0 Å². The topological polar surface area (TPSA) is 61.8 Å². The average Bonchev–Trinajstić information content (AvgIpc) is 3.35. The molecule has 3 heterocycles. The number of hydrogen-bond donors (Lipinski definition) is 1. The van der Waals surface area contributed by atoms with Crippen molar-refractivity contribution in [2.24, 2.45) is 10.9 Å². The lowest BCUT2D eigenvalue weighted by atomic mass is 9.93. The van der Waals surface area contributed by atoms with Gasteiger partial charge in [-0.1, -0.05) is 6.92 Å². The second kappa shape index (κ2) is 10.8. The van der Waals surface area contributed by atoms with E-state index in [0.717, 1.165) is 37.8 Å². The maximum absolute atomic E-state index is 5.62. The molecule has 2 aromatic heterocycles. The van der Waals surface area contributed by atoms with Crippen LogP contribution in [0, 0.1) is 5.92 Å². The lowest BCUT2D eigenvalue weighted by Crippen LogP contribution is -2.49. The largest absolute Gasteiger partial charge is 0.468 e. The van der Waals surface area contributed by atoms with Gasteiger partial charge >= 0.3 is 0 Å². The Hall–Kier alpha value is -1.55. The molecule has 3 atom stereocenters. The lowest BCUT2D eigenvalue weighted by molar-refractivity contribution is 0.188. The van der Waals surface area contributed by atoms with E-state index in [1.165, 1.54) is 0 Å². The second-order valence-electron chi connectivity index (χ2n) is 7.48. The van der Waals surface area contributed by atoms with Gasteiger partial charge in [0, 0.05) is 32.0 Å². The van der Waals surface area contributed by atoms with Gasteiger partial charge in [0.05, 0.1) is 31.2 Å². The van der Waals surface area contributed by atoms with Crippen LogP contribution in [0.4, 0.5) is 0 Å². The number of guanidine groups is 1. The van der Waals surface area contributed by atoms with Crippen LogP contribution in [0.25, 0.3) is 0 Å². The number of nitrogens with one attached hydrogen (secondary N) is 1. The summed E-state index contributed by atoms with van der Waals surface area (Å²) in [6.45, 7) is 7.91. The van der Waals surface area contributed by atoms with Crippen molar-refractivity contribution in [3.05, 3.63) is 42.9 Å². The summed E-state index contributed by atoms with van der Waals surface area (Å²) in [6, 6.07) is 4.49. The minimum absolute atomic E-state index is 0. The monoisotopic (exact) mass is 500 g/mol. The SMILES string of the molecule is CCNC(=NCC(c1ccco1)N(C)C)N1CCC(C)C(n2ccnc2)C1.I. The van der Waals surface area contributed by atoms with Gasteiger partial charge in [-0.2, -0.15) is 0 Å². The van der Waals surface area contributed by atoms with E-state index in [1.54, 1.807) is 6.26 Å². The number of likely N-dealkylation sites (N-methyl/N-ethyl adjacent to an activating group) is 1. The molecular weight excluding hydrogens is 467 g/mol. The number of halogens is 1. The third-order valence-corrected chi connectivity index (χ3v) is 5.37. The Kier molecular flexibility index (Phi) is 8.81. The van der Waals surface area contributed by atoms with Crippen LogP contribution in [0.15, 0.2) is 46.5 Å². The minimum atomic E-state index is 0. The van der Waals surface area contributed by atoms with Gasteiger partial charge in [-0.25, -0.2) is 4.98 Å². The molecule has 0 amide bonds. The Morgan fingerprint density at radius 3 is 2.89 bits per heavy atom. The molecule has 1 aliphatic rings. The number of hydrogen-bond acceptors (Lipinski definition) is 4. The molecular formula is C20H33IN6O. The van der Waals surface area contributed by atoms with Crippen molar-refractivity contribution in [3.63, 3.8) is 0 Å². The molecule has 3 unspecified atom stereocenters. The summed E-state index contributed by atoms with van der Waals surface area (Å²) in [5.74, 6) is 2.55. The Bertz CT molecular complexity index is 700. The van der Waals surface area contributed by atoms with E-state index < -0.39 is 0 Å². The highest BCUT2D eigenvalue weighted by Gasteiger charge is 2.29. The Labute approximate surface area is 185 Å². The van der Waals surface area contributed by atoms with E-state index in [0.29, 0.717) is 18.5 Å². The maximum atomic E-state index is 5.62. The fourth-order valence-corrected chi connectivity index (χ4v) is 3.68. The van der Waals surface area contributed by atoms with Crippen LogP contribution in [-0.4, -0.2) is 65.6 Å². The van der Waals surface area contributed by atoms with Crippen molar-refractivity contribution in [2.75, 3.05) is 40.3 Å². The normalized spacial score (nSPS) is 21.5. The first kappa shape index (κ1) is 22.7. The zero-order valence-corrected chi connectivity index (χ0v) is 19.6. The Morgan fingerprint density at radius 1 is 1.46 bits per heavy atom. The minimum Gasteiger partial charge on any atom is -0.468 e. The maximum Gasteiger partial charge on any atom is 0.194 e. The summed E-state index contributed by atoms with van der Waals surface area (Å²) in [5, 5.41) is 3.47. The fraction of sp³-hybridized carbons (Fsp3) is 0.600. The Morgan fingerprint density at radius 2 is 2.29 bits per heavy atom. The van der Waals surface area contributed by atoms with Crippen molar-refractivity contribution in [2.45, 2.75) is 32.4 Å². The van der Waals surface area contributed by atoms with E-state index in [2.05, 4.69) is 58.8 Å². The van der Waals surface area contributed by atoms with Crippen molar-refractivity contribution in [3.8, 4) is 0 Å². The summed E-state index contributed by atoms with van der Waals surface area (Å²) < 4.78 is 7.85. The predicted octanol–water partition coefficient (Wildman–Crippen LogP) is 3.25. The molecule has 0 radical (unpaired) electrons. The molecule has 1 saturated heterocycles. The second-order valence-corrected chi connectivity index (χ2v) is 7.48. The highest BCUT2D eigenvalue weighted by Crippen LogP contribution is 2.27. The first-order valence-electron chi connectivity index (χ1n) is 9.80. The molecule has 1 fully saturated rings. The molecule has 0 bridgehead atoms. The lowest BCUT2D eigenvalue weighted by Gasteiger charge is -2.39. The predicted molar refractivity (Wildman–Crippen MR) is 123 cm³/mol. The molecule has 156 valence electrons. The molecule has 0 saturated carbocycles. The number of aliphatic imine (C=N–C) groups is 1. The van der Waals surface area contributed by atoms with Crippen molar-refractivity contribution < 1.29 is 4.42 Å². The van der Waals surface area contributed by atoms with Gasteiger partial charge < -0.3 is 19.2 Å². The summed E-state index contributed by atoms with van der Waals surface area (Å²) in [7, 11) is 4.13. The summed E-state index contributed by atoms with van der Waals surface area (Å²) >= 11 is 0. The number of likely N-dealkylation sites (tertiary alicyclic amines) is 1. The van der Waals surface area contributed by atoms with E-state index in [-0.39, 0.29) is 30.0 Å². The number of imidazole rings is 1. The zero-order chi connectivity index (χ0) is 19.2.